The molecule has 6 nitrogen and oxygen atoms in total. The highest BCUT2D eigenvalue weighted by Gasteiger charge is 2.16. The van der Waals surface area contributed by atoms with Gasteiger partial charge in [-0.25, -0.2) is 8.78 Å². The van der Waals surface area contributed by atoms with E-state index in [1.807, 2.05) is 0 Å². The number of hydrogen-bond acceptors (Lipinski definition) is 5. The average Bonchev–Trinajstić information content (AvgIpc) is 3.27. The van der Waals surface area contributed by atoms with Gasteiger partial charge in [-0.15, -0.1) is 10.2 Å². The topological polar surface area (TPSA) is 79.6 Å². The summed E-state index contributed by atoms with van der Waals surface area (Å²) in [6, 6.07) is 9.05. The molecule has 0 bridgehead atoms. The van der Waals surface area contributed by atoms with Crippen molar-refractivity contribution in [2.45, 2.75) is 6.54 Å². The third-order valence-electron chi connectivity index (χ3n) is 4.01. The van der Waals surface area contributed by atoms with Gasteiger partial charge in [0.1, 0.15) is 11.6 Å². The smallest absolute Gasteiger partial charge is 0.250 e. The molecule has 4 rings (SSSR count). The molecule has 0 fully saturated rings. The highest BCUT2D eigenvalue weighted by Crippen LogP contribution is 2.28. The molecule has 0 aliphatic rings. The first-order chi connectivity index (χ1) is 13.1. The molecule has 0 saturated carbocycles. The molecular weight excluding hydrogens is 352 g/mol. The number of aromatic nitrogens is 4. The Hall–Kier alpha value is -3.39. The minimum absolute atomic E-state index is 0.106. The lowest BCUT2D eigenvalue weighted by Gasteiger charge is -1.99. The first-order valence-corrected chi connectivity index (χ1v) is 8.22. The van der Waals surface area contributed by atoms with Crippen molar-refractivity contribution in [3.63, 3.8) is 0 Å². The molecule has 0 aliphatic carbocycles. The lowest BCUT2D eigenvalue weighted by molar-refractivity contribution is 0.487. The maximum Gasteiger partial charge on any atom is 0.250 e. The average molecular weight is 367 g/mol. The fourth-order valence-electron chi connectivity index (χ4n) is 2.68. The standard InChI is InChI=1S/C19H15F2N5O/c1-22-10-18-25-26-19(27-18)13-8-14-16(23-24-17(14)9-15(13)21)7-4-11-2-5-12(20)6-3-11/h2-9,22H,10H2,1H3,(H,23,24)/b7-4+. The highest BCUT2D eigenvalue weighted by molar-refractivity contribution is 5.92. The lowest BCUT2D eigenvalue weighted by Crippen LogP contribution is -2.04. The predicted octanol–water partition coefficient (Wildman–Crippen LogP) is 3.78. The monoisotopic (exact) mass is 367 g/mol. The van der Waals surface area contributed by atoms with Crippen LogP contribution in [0, 0.1) is 11.6 Å². The number of rotatable bonds is 5. The van der Waals surface area contributed by atoms with Gasteiger partial charge >= 0.3 is 0 Å². The maximum atomic E-state index is 14.5. The fourth-order valence-corrected chi connectivity index (χ4v) is 2.68. The van der Waals surface area contributed by atoms with Crippen molar-refractivity contribution < 1.29 is 13.2 Å². The van der Waals surface area contributed by atoms with E-state index in [9.17, 15) is 8.78 Å². The first-order valence-electron chi connectivity index (χ1n) is 8.22. The van der Waals surface area contributed by atoms with Crippen molar-refractivity contribution in [2.24, 2.45) is 0 Å². The highest BCUT2D eigenvalue weighted by atomic mass is 19.1. The van der Waals surface area contributed by atoms with Crippen LogP contribution in [0.25, 0.3) is 34.5 Å². The van der Waals surface area contributed by atoms with Crippen LogP contribution in [0.5, 0.6) is 0 Å². The van der Waals surface area contributed by atoms with Crippen LogP contribution in [0.4, 0.5) is 8.78 Å². The number of nitrogens with one attached hydrogen (secondary N) is 2. The van der Waals surface area contributed by atoms with Gasteiger partial charge in [-0.1, -0.05) is 18.2 Å². The molecule has 0 spiro atoms. The normalized spacial score (nSPS) is 11.7. The fraction of sp³-hybridized carbons (Fsp3) is 0.105. The van der Waals surface area contributed by atoms with Gasteiger partial charge in [-0.2, -0.15) is 5.10 Å². The summed E-state index contributed by atoms with van der Waals surface area (Å²) in [6.07, 6.45) is 3.57. The van der Waals surface area contributed by atoms with E-state index in [2.05, 4.69) is 25.7 Å². The Morgan fingerprint density at radius 1 is 1.11 bits per heavy atom. The molecule has 136 valence electrons. The summed E-state index contributed by atoms with van der Waals surface area (Å²) in [6.45, 7) is 0.397. The quantitative estimate of drug-likeness (QED) is 0.561. The second kappa shape index (κ2) is 7.08. The van der Waals surface area contributed by atoms with Crippen LogP contribution in [-0.2, 0) is 6.54 Å². The molecule has 0 atom stereocenters. The van der Waals surface area contributed by atoms with Crippen LogP contribution in [0.2, 0.25) is 0 Å². The number of hydrogen-bond donors (Lipinski definition) is 2. The van der Waals surface area contributed by atoms with E-state index in [0.717, 1.165) is 5.56 Å². The number of aromatic amines is 1. The van der Waals surface area contributed by atoms with E-state index in [1.54, 1.807) is 37.4 Å². The van der Waals surface area contributed by atoms with Crippen LogP contribution in [0.3, 0.4) is 0 Å². The maximum absolute atomic E-state index is 14.5. The molecular formula is C19H15F2N5O. The van der Waals surface area contributed by atoms with Gasteiger partial charge in [0.15, 0.2) is 0 Å². The Morgan fingerprint density at radius 2 is 1.93 bits per heavy atom. The van der Waals surface area contributed by atoms with Gasteiger partial charge in [0, 0.05) is 11.5 Å². The van der Waals surface area contributed by atoms with Crippen LogP contribution < -0.4 is 5.32 Å². The minimum atomic E-state index is -0.486. The van der Waals surface area contributed by atoms with Gasteiger partial charge < -0.3 is 9.73 Å². The van der Waals surface area contributed by atoms with E-state index < -0.39 is 5.82 Å². The largest absolute Gasteiger partial charge is 0.419 e. The third-order valence-corrected chi connectivity index (χ3v) is 4.01. The number of halogens is 2. The number of fused-ring (bicyclic) bond motifs is 1. The Bertz CT molecular complexity index is 1120. The number of benzene rings is 2. The molecule has 27 heavy (non-hydrogen) atoms. The zero-order valence-corrected chi connectivity index (χ0v) is 14.3. The SMILES string of the molecule is CNCc1nnc(-c2cc3c(/C=C/c4ccc(F)cc4)n[nH]c3cc2F)o1. The molecule has 2 aromatic heterocycles. The summed E-state index contributed by atoms with van der Waals surface area (Å²) in [4.78, 5) is 0. The summed E-state index contributed by atoms with van der Waals surface area (Å²) in [5.41, 5.74) is 2.19. The predicted molar refractivity (Wildman–Crippen MR) is 97.4 cm³/mol. The second-order valence-electron chi connectivity index (χ2n) is 5.90. The van der Waals surface area contributed by atoms with Gasteiger partial charge in [0.05, 0.1) is 23.3 Å². The second-order valence-corrected chi connectivity index (χ2v) is 5.90. The van der Waals surface area contributed by atoms with Crippen molar-refractivity contribution in [3.05, 3.63) is 65.2 Å². The molecule has 0 radical (unpaired) electrons. The van der Waals surface area contributed by atoms with Crippen molar-refractivity contribution in [2.75, 3.05) is 7.05 Å². The molecule has 4 aromatic rings. The zero-order valence-electron chi connectivity index (χ0n) is 14.3. The summed E-state index contributed by atoms with van der Waals surface area (Å²) >= 11 is 0. The Kier molecular flexibility index (Phi) is 4.47. The molecule has 0 saturated heterocycles. The Labute approximate surface area is 152 Å². The van der Waals surface area contributed by atoms with E-state index in [4.69, 9.17) is 4.42 Å². The third kappa shape index (κ3) is 3.47. The number of H-pyrrole nitrogens is 1. The molecule has 0 unspecified atom stereocenters. The zero-order chi connectivity index (χ0) is 18.8. The van der Waals surface area contributed by atoms with Crippen LogP contribution in [0.1, 0.15) is 17.1 Å². The van der Waals surface area contributed by atoms with Crippen LogP contribution in [-0.4, -0.2) is 27.4 Å². The van der Waals surface area contributed by atoms with Crippen LogP contribution >= 0.6 is 0 Å². The molecule has 0 aliphatic heterocycles. The lowest BCUT2D eigenvalue weighted by atomic mass is 10.1. The van der Waals surface area contributed by atoms with Crippen molar-refractivity contribution in [1.29, 1.82) is 0 Å². The molecule has 8 heteroatoms. The molecule has 0 amide bonds. The minimum Gasteiger partial charge on any atom is -0.419 e. The van der Waals surface area contributed by atoms with Crippen molar-refractivity contribution in [1.82, 2.24) is 25.7 Å². The molecule has 2 heterocycles. The summed E-state index contributed by atoms with van der Waals surface area (Å²) in [7, 11) is 1.75. The van der Waals surface area contributed by atoms with E-state index in [1.165, 1.54) is 18.2 Å². The Morgan fingerprint density at radius 3 is 2.70 bits per heavy atom. The van der Waals surface area contributed by atoms with E-state index in [-0.39, 0.29) is 17.3 Å². The summed E-state index contributed by atoms with van der Waals surface area (Å²) in [5, 5.41) is 18.4. The van der Waals surface area contributed by atoms with Gasteiger partial charge in [-0.3, -0.25) is 5.10 Å². The van der Waals surface area contributed by atoms with E-state index >= 15 is 0 Å². The molecule has 2 aromatic carbocycles. The number of nitrogens with zero attached hydrogens (tertiary/aromatic N) is 3. The van der Waals surface area contributed by atoms with Crippen molar-refractivity contribution >= 4 is 23.1 Å². The van der Waals surface area contributed by atoms with E-state index in [0.29, 0.717) is 29.0 Å². The molecule has 2 N–H and O–H groups in total. The van der Waals surface area contributed by atoms with Crippen molar-refractivity contribution in [3.8, 4) is 11.5 Å². The first kappa shape index (κ1) is 17.0. The summed E-state index contributed by atoms with van der Waals surface area (Å²) < 4.78 is 32.9. The Balaban J connectivity index is 1.71. The van der Waals surface area contributed by atoms with Gasteiger partial charge in [0.25, 0.3) is 5.89 Å². The van der Waals surface area contributed by atoms with Gasteiger partial charge in [0.2, 0.25) is 5.89 Å². The van der Waals surface area contributed by atoms with Crippen LogP contribution in [0.15, 0.2) is 40.8 Å². The summed E-state index contributed by atoms with van der Waals surface area (Å²) in [5.74, 6) is -0.306. The van der Waals surface area contributed by atoms with Gasteiger partial charge in [-0.05, 0) is 36.9 Å².